The van der Waals surface area contributed by atoms with E-state index < -0.39 is 9.84 Å². The average Bonchev–Trinajstić information content (AvgIpc) is 3.39. The third-order valence-electron chi connectivity index (χ3n) is 6.86. The van der Waals surface area contributed by atoms with Crippen LogP contribution in [0.15, 0.2) is 51.9 Å². The average molecular weight is 543 g/mol. The van der Waals surface area contributed by atoms with E-state index in [1.165, 1.54) is 6.26 Å². The van der Waals surface area contributed by atoms with Gasteiger partial charge in [-0.25, -0.2) is 8.42 Å². The molecule has 1 aliphatic rings. The number of carbonyl (C=O) groups excluding carboxylic acids is 1. The Bertz CT molecular complexity index is 1350. The quantitative estimate of drug-likeness (QED) is 0.409. The fourth-order valence-corrected chi connectivity index (χ4v) is 5.24. The highest BCUT2D eigenvalue weighted by Crippen LogP contribution is 2.31. The minimum Gasteiger partial charge on any atom is -0.493 e. The van der Waals surface area contributed by atoms with E-state index in [4.69, 9.17) is 14.0 Å². The number of aromatic nitrogens is 2. The lowest BCUT2D eigenvalue weighted by atomic mass is 9.94. The van der Waals surface area contributed by atoms with Crippen LogP contribution in [0.2, 0.25) is 0 Å². The minimum absolute atomic E-state index is 0.0252. The van der Waals surface area contributed by atoms with Gasteiger partial charge in [0.25, 0.3) is 0 Å². The maximum atomic E-state index is 13.0. The molecule has 1 amide bonds. The fourth-order valence-electron chi connectivity index (χ4n) is 4.61. The van der Waals surface area contributed by atoms with Gasteiger partial charge in [-0.2, -0.15) is 4.98 Å². The van der Waals surface area contributed by atoms with Crippen molar-refractivity contribution in [2.24, 2.45) is 5.92 Å². The van der Waals surface area contributed by atoms with Crippen LogP contribution in [0.5, 0.6) is 11.5 Å². The Labute approximate surface area is 223 Å². The van der Waals surface area contributed by atoms with Crippen LogP contribution in [0, 0.1) is 5.92 Å². The summed E-state index contributed by atoms with van der Waals surface area (Å²) in [5.74, 6) is 2.15. The van der Waals surface area contributed by atoms with Crippen LogP contribution in [0.25, 0.3) is 11.4 Å². The van der Waals surface area contributed by atoms with Gasteiger partial charge in [0.2, 0.25) is 17.6 Å². The second-order valence-corrected chi connectivity index (χ2v) is 11.5. The number of amides is 1. The molecule has 1 aliphatic heterocycles. The SMILES string of the molecule is CCC(NC(=O)C1CCN(Cc2nc(-c3ccc(OC)c(OC)c3)no2)CC1)c1ccc(S(C)(=O)=O)cc1. The zero-order valence-electron chi connectivity index (χ0n) is 22.1. The summed E-state index contributed by atoms with van der Waals surface area (Å²) >= 11 is 0. The van der Waals surface area contributed by atoms with Gasteiger partial charge in [0, 0.05) is 17.7 Å². The maximum Gasteiger partial charge on any atom is 0.241 e. The van der Waals surface area contributed by atoms with E-state index >= 15 is 0 Å². The van der Waals surface area contributed by atoms with Crippen molar-refractivity contribution in [2.75, 3.05) is 33.6 Å². The molecule has 1 saturated heterocycles. The predicted molar refractivity (Wildman–Crippen MR) is 142 cm³/mol. The lowest BCUT2D eigenvalue weighted by Gasteiger charge is -2.31. The molecule has 10 nitrogen and oxygen atoms in total. The molecule has 38 heavy (non-hydrogen) atoms. The lowest BCUT2D eigenvalue weighted by molar-refractivity contribution is -0.127. The molecule has 0 bridgehead atoms. The lowest BCUT2D eigenvalue weighted by Crippen LogP contribution is -2.41. The van der Waals surface area contributed by atoms with Crippen LogP contribution in [0.1, 0.15) is 43.7 Å². The number of carbonyl (C=O) groups is 1. The highest BCUT2D eigenvalue weighted by atomic mass is 32.2. The van der Waals surface area contributed by atoms with Crippen molar-refractivity contribution in [2.45, 2.75) is 43.7 Å². The molecule has 3 aromatic rings. The Morgan fingerprint density at radius 1 is 1.11 bits per heavy atom. The van der Waals surface area contributed by atoms with Crippen molar-refractivity contribution in [3.8, 4) is 22.9 Å². The Hall–Kier alpha value is -3.44. The van der Waals surface area contributed by atoms with Gasteiger partial charge < -0.3 is 19.3 Å². The Balaban J connectivity index is 1.30. The summed E-state index contributed by atoms with van der Waals surface area (Å²) in [4.78, 5) is 20.0. The molecule has 1 atom stereocenters. The number of sulfone groups is 1. The fraction of sp³-hybridized carbons (Fsp3) is 0.444. The molecule has 0 aliphatic carbocycles. The zero-order chi connectivity index (χ0) is 27.3. The van der Waals surface area contributed by atoms with E-state index in [2.05, 4.69) is 20.4 Å². The molecule has 0 spiro atoms. The van der Waals surface area contributed by atoms with Crippen LogP contribution >= 0.6 is 0 Å². The molecule has 1 fully saturated rings. The first-order valence-corrected chi connectivity index (χ1v) is 14.5. The van der Waals surface area contributed by atoms with E-state index in [0.29, 0.717) is 36.2 Å². The highest BCUT2D eigenvalue weighted by molar-refractivity contribution is 7.90. The Morgan fingerprint density at radius 2 is 1.79 bits per heavy atom. The van der Waals surface area contributed by atoms with Crippen molar-refractivity contribution in [1.29, 1.82) is 0 Å². The van der Waals surface area contributed by atoms with Crippen molar-refractivity contribution in [3.63, 3.8) is 0 Å². The number of likely N-dealkylation sites (tertiary alicyclic amines) is 1. The molecular weight excluding hydrogens is 508 g/mol. The molecule has 0 radical (unpaired) electrons. The Morgan fingerprint density at radius 3 is 2.39 bits per heavy atom. The summed E-state index contributed by atoms with van der Waals surface area (Å²) in [7, 11) is -0.0947. The number of methoxy groups -OCH3 is 2. The monoisotopic (exact) mass is 542 g/mol. The molecule has 1 N–H and O–H groups in total. The number of benzene rings is 2. The smallest absolute Gasteiger partial charge is 0.241 e. The van der Waals surface area contributed by atoms with E-state index in [-0.39, 0.29) is 22.8 Å². The number of rotatable bonds is 10. The van der Waals surface area contributed by atoms with Crippen LogP contribution in [0.4, 0.5) is 0 Å². The Kier molecular flexibility index (Phi) is 8.68. The van der Waals surface area contributed by atoms with Gasteiger partial charge in [-0.1, -0.05) is 24.2 Å². The third-order valence-corrected chi connectivity index (χ3v) is 7.99. The molecule has 0 saturated carbocycles. The number of hydrogen-bond donors (Lipinski definition) is 1. The zero-order valence-corrected chi connectivity index (χ0v) is 23.0. The van der Waals surface area contributed by atoms with Crippen LogP contribution < -0.4 is 14.8 Å². The summed E-state index contributed by atoms with van der Waals surface area (Å²) in [6.45, 7) is 4.00. The van der Waals surface area contributed by atoms with E-state index in [1.54, 1.807) is 50.6 Å². The van der Waals surface area contributed by atoms with Gasteiger partial charge in [-0.05, 0) is 68.2 Å². The summed E-state index contributed by atoms with van der Waals surface area (Å²) in [6.07, 6.45) is 3.35. The highest BCUT2D eigenvalue weighted by Gasteiger charge is 2.27. The summed E-state index contributed by atoms with van der Waals surface area (Å²) in [5.41, 5.74) is 1.66. The normalized spacial score (nSPS) is 15.7. The summed E-state index contributed by atoms with van der Waals surface area (Å²) < 4.78 is 39.6. The number of nitrogens with zero attached hydrogens (tertiary/aromatic N) is 3. The first kappa shape index (κ1) is 27.6. The first-order valence-electron chi connectivity index (χ1n) is 12.6. The molecule has 2 heterocycles. The largest absolute Gasteiger partial charge is 0.493 e. The van der Waals surface area contributed by atoms with Gasteiger partial charge in [0.15, 0.2) is 21.3 Å². The molecular formula is C27H34N4O6S. The summed E-state index contributed by atoms with van der Waals surface area (Å²) in [5, 5.41) is 7.26. The minimum atomic E-state index is -3.26. The van der Waals surface area contributed by atoms with Gasteiger partial charge in [0.1, 0.15) is 0 Å². The van der Waals surface area contributed by atoms with E-state index in [1.807, 2.05) is 13.0 Å². The summed E-state index contributed by atoms with van der Waals surface area (Å²) in [6, 6.07) is 12.0. The number of ether oxygens (including phenoxy) is 2. The molecule has 11 heteroatoms. The second-order valence-electron chi connectivity index (χ2n) is 9.44. The van der Waals surface area contributed by atoms with E-state index in [9.17, 15) is 13.2 Å². The van der Waals surface area contributed by atoms with Crippen molar-refractivity contribution < 1.29 is 27.2 Å². The molecule has 4 rings (SSSR count). The van der Waals surface area contributed by atoms with Crippen molar-refractivity contribution in [3.05, 3.63) is 53.9 Å². The topological polar surface area (TPSA) is 124 Å². The number of piperidine rings is 1. The number of nitrogens with one attached hydrogen (secondary N) is 1. The third kappa shape index (κ3) is 6.51. The standard InChI is InChI=1S/C27H34N4O6S/c1-5-22(18-6-9-21(10-7-18)38(4,33)34)28-27(32)19-12-14-31(15-13-19)17-25-29-26(30-37-25)20-8-11-23(35-2)24(16-20)36-3/h6-11,16,19,22H,5,12-15,17H2,1-4H3,(H,28,32). The molecule has 2 aromatic carbocycles. The van der Waals surface area contributed by atoms with Crippen LogP contribution in [-0.2, 0) is 21.2 Å². The van der Waals surface area contributed by atoms with Crippen LogP contribution in [0.3, 0.4) is 0 Å². The predicted octanol–water partition coefficient (Wildman–Crippen LogP) is 3.64. The second kappa shape index (κ2) is 12.0. The van der Waals surface area contributed by atoms with Crippen LogP contribution in [-0.4, -0.2) is 62.9 Å². The first-order chi connectivity index (χ1) is 18.2. The molecule has 1 aromatic heterocycles. The molecule has 204 valence electrons. The van der Waals surface area contributed by atoms with E-state index in [0.717, 1.165) is 37.1 Å². The van der Waals surface area contributed by atoms with Crippen molar-refractivity contribution >= 4 is 15.7 Å². The van der Waals surface area contributed by atoms with Gasteiger partial charge >= 0.3 is 0 Å². The molecule has 1 unspecified atom stereocenters. The number of hydrogen-bond acceptors (Lipinski definition) is 9. The van der Waals surface area contributed by atoms with Gasteiger partial charge in [-0.3, -0.25) is 9.69 Å². The van der Waals surface area contributed by atoms with Gasteiger partial charge in [0.05, 0.1) is 31.7 Å². The van der Waals surface area contributed by atoms with Gasteiger partial charge in [-0.15, -0.1) is 0 Å². The van der Waals surface area contributed by atoms with Crippen molar-refractivity contribution in [1.82, 2.24) is 20.4 Å². The maximum absolute atomic E-state index is 13.0.